The van der Waals surface area contributed by atoms with Crippen LogP contribution in [-0.4, -0.2) is 60.2 Å². The van der Waals surface area contributed by atoms with Crippen LogP contribution in [0.5, 0.6) is 11.5 Å². The lowest BCUT2D eigenvalue weighted by atomic mass is 10.2. The Balaban J connectivity index is 0.00000676. The van der Waals surface area contributed by atoms with Gasteiger partial charge in [-0.3, -0.25) is 4.99 Å². The number of nitrogens with one attached hydrogen (secondary N) is 2. The van der Waals surface area contributed by atoms with Gasteiger partial charge in [0.1, 0.15) is 0 Å². The van der Waals surface area contributed by atoms with E-state index in [0.29, 0.717) is 55.5 Å². The third kappa shape index (κ3) is 10.2. The molecule has 0 saturated carbocycles. The summed E-state index contributed by atoms with van der Waals surface area (Å²) in [5.74, 6) is 1.90. The molecule has 9 heteroatoms. The number of hydrogen-bond donors (Lipinski definition) is 2. The van der Waals surface area contributed by atoms with Crippen LogP contribution in [0.2, 0.25) is 5.02 Å². The summed E-state index contributed by atoms with van der Waals surface area (Å²) in [6.45, 7) is 5.67. The van der Waals surface area contributed by atoms with Gasteiger partial charge in [0.15, 0.2) is 17.5 Å². The third-order valence-corrected chi connectivity index (χ3v) is 3.73. The van der Waals surface area contributed by atoms with E-state index in [0.717, 1.165) is 18.5 Å². The van der Waals surface area contributed by atoms with E-state index in [1.54, 1.807) is 21.3 Å². The van der Waals surface area contributed by atoms with Gasteiger partial charge in [-0.05, 0) is 31.0 Å². The molecule has 2 N–H and O–H groups in total. The average Bonchev–Trinajstić information content (AvgIpc) is 2.65. The summed E-state index contributed by atoms with van der Waals surface area (Å²) in [4.78, 5) is 4.21. The van der Waals surface area contributed by atoms with Crippen molar-refractivity contribution in [3.05, 3.63) is 22.7 Å². The van der Waals surface area contributed by atoms with E-state index in [1.807, 2.05) is 19.1 Å². The first-order chi connectivity index (χ1) is 12.7. The van der Waals surface area contributed by atoms with Crippen molar-refractivity contribution in [2.45, 2.75) is 19.9 Å². The SMILES string of the molecule is CCOc1c(Cl)cc(CNC(=NC)NCCCOCCOC)cc1OC.I. The van der Waals surface area contributed by atoms with E-state index >= 15 is 0 Å². The van der Waals surface area contributed by atoms with Crippen LogP contribution in [-0.2, 0) is 16.0 Å². The Kier molecular flexibility index (Phi) is 15.5. The number of aliphatic imine (C=N–C) groups is 1. The second-order valence-corrected chi connectivity index (χ2v) is 5.76. The van der Waals surface area contributed by atoms with Crippen molar-refractivity contribution in [2.75, 3.05) is 54.2 Å². The summed E-state index contributed by atoms with van der Waals surface area (Å²) in [7, 11) is 4.99. The Morgan fingerprint density at radius 3 is 2.56 bits per heavy atom. The van der Waals surface area contributed by atoms with E-state index in [4.69, 9.17) is 30.5 Å². The Morgan fingerprint density at radius 1 is 1.15 bits per heavy atom. The van der Waals surface area contributed by atoms with Gasteiger partial charge in [-0.25, -0.2) is 0 Å². The molecule has 0 aliphatic rings. The Hall–Kier alpha value is -0.970. The fourth-order valence-electron chi connectivity index (χ4n) is 2.19. The normalized spacial score (nSPS) is 10.9. The highest BCUT2D eigenvalue weighted by atomic mass is 127. The minimum absolute atomic E-state index is 0. The van der Waals surface area contributed by atoms with Crippen molar-refractivity contribution in [3.8, 4) is 11.5 Å². The maximum atomic E-state index is 6.29. The average molecular weight is 516 g/mol. The number of benzene rings is 1. The summed E-state index contributed by atoms with van der Waals surface area (Å²) >= 11 is 6.29. The van der Waals surface area contributed by atoms with Gasteiger partial charge in [-0.2, -0.15) is 0 Å². The highest BCUT2D eigenvalue weighted by Gasteiger charge is 2.11. The van der Waals surface area contributed by atoms with E-state index in [1.165, 1.54) is 0 Å². The fourth-order valence-corrected chi connectivity index (χ4v) is 2.48. The van der Waals surface area contributed by atoms with Crippen molar-refractivity contribution < 1.29 is 18.9 Å². The molecule has 0 atom stereocenters. The number of rotatable bonds is 12. The predicted octanol–water partition coefficient (Wildman–Crippen LogP) is 3.08. The lowest BCUT2D eigenvalue weighted by Gasteiger charge is -2.15. The molecule has 1 aromatic carbocycles. The molecular weight excluding hydrogens is 485 g/mol. The molecule has 0 unspecified atom stereocenters. The van der Waals surface area contributed by atoms with Crippen LogP contribution in [0.3, 0.4) is 0 Å². The minimum atomic E-state index is 0. The van der Waals surface area contributed by atoms with Crippen molar-refractivity contribution in [2.24, 2.45) is 4.99 Å². The Bertz CT molecular complexity index is 562. The lowest BCUT2D eigenvalue weighted by Crippen LogP contribution is -2.37. The van der Waals surface area contributed by atoms with Crippen LogP contribution >= 0.6 is 35.6 Å². The van der Waals surface area contributed by atoms with Gasteiger partial charge in [0.05, 0.1) is 32.0 Å². The van der Waals surface area contributed by atoms with E-state index in [9.17, 15) is 0 Å². The number of halogens is 2. The maximum absolute atomic E-state index is 6.29. The number of ether oxygens (including phenoxy) is 4. The third-order valence-electron chi connectivity index (χ3n) is 3.45. The van der Waals surface area contributed by atoms with Gasteiger partial charge in [0, 0.05) is 33.9 Å². The number of nitrogens with zero attached hydrogens (tertiary/aromatic N) is 1. The van der Waals surface area contributed by atoms with Crippen molar-refractivity contribution in [3.63, 3.8) is 0 Å². The standard InChI is InChI=1S/C18H30ClN3O4.HI/c1-5-26-17-15(19)11-14(12-16(17)24-4)13-22-18(20-2)21-7-6-8-25-10-9-23-3;/h11-12H,5-10,13H2,1-4H3,(H2,20,21,22);1H. The van der Waals surface area contributed by atoms with Crippen molar-refractivity contribution in [1.82, 2.24) is 10.6 Å². The summed E-state index contributed by atoms with van der Waals surface area (Å²) in [6.07, 6.45) is 0.882. The number of hydrogen-bond acceptors (Lipinski definition) is 5. The number of guanidine groups is 1. The van der Waals surface area contributed by atoms with Gasteiger partial charge in [-0.1, -0.05) is 11.6 Å². The summed E-state index contributed by atoms with van der Waals surface area (Å²) < 4.78 is 21.2. The largest absolute Gasteiger partial charge is 0.493 e. The van der Waals surface area contributed by atoms with Crippen LogP contribution in [0.4, 0.5) is 0 Å². The molecule has 156 valence electrons. The molecule has 0 amide bonds. The van der Waals surface area contributed by atoms with E-state index in [2.05, 4.69) is 15.6 Å². The van der Waals surface area contributed by atoms with Crippen molar-refractivity contribution >= 4 is 41.5 Å². The van der Waals surface area contributed by atoms with Crippen LogP contribution in [0.15, 0.2) is 17.1 Å². The smallest absolute Gasteiger partial charge is 0.191 e. The van der Waals surface area contributed by atoms with E-state index in [-0.39, 0.29) is 24.0 Å². The van der Waals surface area contributed by atoms with Gasteiger partial charge < -0.3 is 29.6 Å². The second-order valence-electron chi connectivity index (χ2n) is 5.35. The molecule has 0 radical (unpaired) electrons. The minimum Gasteiger partial charge on any atom is -0.493 e. The number of methoxy groups -OCH3 is 2. The summed E-state index contributed by atoms with van der Waals surface area (Å²) in [6, 6.07) is 3.76. The lowest BCUT2D eigenvalue weighted by molar-refractivity contribution is 0.0698. The van der Waals surface area contributed by atoms with Crippen LogP contribution in [0.1, 0.15) is 18.9 Å². The molecule has 0 bridgehead atoms. The first-order valence-corrected chi connectivity index (χ1v) is 9.04. The molecule has 0 spiro atoms. The topological polar surface area (TPSA) is 73.3 Å². The van der Waals surface area contributed by atoms with Gasteiger partial charge >= 0.3 is 0 Å². The summed E-state index contributed by atoms with van der Waals surface area (Å²) in [5.41, 5.74) is 0.973. The Labute approximate surface area is 184 Å². The molecule has 0 aromatic heterocycles. The first kappa shape index (κ1) is 26.0. The van der Waals surface area contributed by atoms with Crippen LogP contribution in [0.25, 0.3) is 0 Å². The summed E-state index contributed by atoms with van der Waals surface area (Å²) in [5, 5.41) is 7.02. The quantitative estimate of drug-likeness (QED) is 0.193. The fraction of sp³-hybridized carbons (Fsp3) is 0.611. The molecule has 1 rings (SSSR count). The highest BCUT2D eigenvalue weighted by molar-refractivity contribution is 14.0. The molecule has 0 saturated heterocycles. The predicted molar refractivity (Wildman–Crippen MR) is 120 cm³/mol. The van der Waals surface area contributed by atoms with Crippen LogP contribution < -0.4 is 20.1 Å². The zero-order valence-electron chi connectivity index (χ0n) is 16.5. The monoisotopic (exact) mass is 515 g/mol. The molecule has 7 nitrogen and oxygen atoms in total. The molecule has 0 aliphatic carbocycles. The highest BCUT2D eigenvalue weighted by Crippen LogP contribution is 2.36. The van der Waals surface area contributed by atoms with Gasteiger partial charge in [0.25, 0.3) is 0 Å². The second kappa shape index (κ2) is 16.0. The van der Waals surface area contributed by atoms with Crippen molar-refractivity contribution in [1.29, 1.82) is 0 Å². The Morgan fingerprint density at radius 2 is 1.93 bits per heavy atom. The molecule has 0 aliphatic heterocycles. The maximum Gasteiger partial charge on any atom is 0.191 e. The molecule has 1 aromatic rings. The molecule has 0 fully saturated rings. The van der Waals surface area contributed by atoms with Crippen LogP contribution in [0, 0.1) is 0 Å². The molecule has 0 heterocycles. The molecule has 27 heavy (non-hydrogen) atoms. The molecular formula is C18H31ClIN3O4. The van der Waals surface area contributed by atoms with Gasteiger partial charge in [0.2, 0.25) is 0 Å². The van der Waals surface area contributed by atoms with Gasteiger partial charge in [-0.15, -0.1) is 24.0 Å². The zero-order chi connectivity index (χ0) is 19.2. The zero-order valence-corrected chi connectivity index (χ0v) is 19.6. The first-order valence-electron chi connectivity index (χ1n) is 8.66. The van der Waals surface area contributed by atoms with E-state index < -0.39 is 0 Å².